The minimum Gasteiger partial charge on any atom is -0.478 e. The molecule has 0 atom stereocenters. The Bertz CT molecular complexity index is 721. The van der Waals surface area contributed by atoms with Crippen molar-refractivity contribution in [2.45, 2.75) is 0 Å². The quantitative estimate of drug-likeness (QED) is 0.783. The molecule has 0 aliphatic heterocycles. The normalized spacial score (nSPS) is 10.1. The predicted molar refractivity (Wildman–Crippen MR) is 70.6 cm³/mol. The molecule has 21 heavy (non-hydrogen) atoms. The van der Waals surface area contributed by atoms with Crippen molar-refractivity contribution in [2.75, 3.05) is 0 Å². The van der Waals surface area contributed by atoms with E-state index in [-0.39, 0.29) is 11.1 Å². The van der Waals surface area contributed by atoms with Gasteiger partial charge in [0.05, 0.1) is 5.56 Å². The number of carbonyl (C=O) groups is 3. The van der Waals surface area contributed by atoms with Gasteiger partial charge in [-0.05, 0) is 35.4 Å². The van der Waals surface area contributed by atoms with Gasteiger partial charge in [0.15, 0.2) is 0 Å². The van der Waals surface area contributed by atoms with E-state index in [4.69, 9.17) is 15.3 Å². The maximum atomic E-state index is 11.0. The van der Waals surface area contributed by atoms with Crippen LogP contribution in [0.4, 0.5) is 0 Å². The molecule has 0 saturated heterocycles. The largest absolute Gasteiger partial charge is 0.478 e. The molecular formula is C14H9NO6. The second-order valence-electron chi connectivity index (χ2n) is 4.12. The molecule has 0 aliphatic rings. The van der Waals surface area contributed by atoms with Gasteiger partial charge in [-0.15, -0.1) is 0 Å². The summed E-state index contributed by atoms with van der Waals surface area (Å²) >= 11 is 0. The standard InChI is InChI=1S/C14H9NO6/c16-12(17)8-3-1-2-7(4-8)9-5-10(13(18)19)15-11(6-9)14(20)21/h1-6H,(H,16,17)(H,18,19)(H,20,21). The molecule has 2 rings (SSSR count). The van der Waals surface area contributed by atoms with Gasteiger partial charge in [-0.3, -0.25) is 0 Å². The van der Waals surface area contributed by atoms with Gasteiger partial charge in [0.1, 0.15) is 11.4 Å². The molecule has 0 saturated carbocycles. The summed E-state index contributed by atoms with van der Waals surface area (Å²) in [5, 5.41) is 26.9. The van der Waals surface area contributed by atoms with Crippen molar-refractivity contribution in [1.82, 2.24) is 4.98 Å². The second-order valence-corrected chi connectivity index (χ2v) is 4.12. The lowest BCUT2D eigenvalue weighted by Crippen LogP contribution is -2.08. The third-order valence-electron chi connectivity index (χ3n) is 2.71. The summed E-state index contributed by atoms with van der Waals surface area (Å²) in [6, 6.07) is 8.13. The SMILES string of the molecule is O=C(O)c1cccc(-c2cc(C(=O)O)nc(C(=O)O)c2)c1. The van der Waals surface area contributed by atoms with E-state index in [1.165, 1.54) is 30.3 Å². The summed E-state index contributed by atoms with van der Waals surface area (Å²) in [4.78, 5) is 36.4. The number of aromatic carboxylic acids is 3. The first-order valence-electron chi connectivity index (χ1n) is 5.71. The molecular weight excluding hydrogens is 278 g/mol. The zero-order valence-electron chi connectivity index (χ0n) is 10.5. The third-order valence-corrected chi connectivity index (χ3v) is 2.71. The van der Waals surface area contributed by atoms with Crippen LogP contribution < -0.4 is 0 Å². The molecule has 2 aromatic rings. The van der Waals surface area contributed by atoms with Gasteiger partial charge >= 0.3 is 17.9 Å². The minimum atomic E-state index is -1.37. The number of nitrogens with zero attached hydrogens (tertiary/aromatic N) is 1. The zero-order valence-corrected chi connectivity index (χ0v) is 10.5. The van der Waals surface area contributed by atoms with Crippen LogP contribution in [0.5, 0.6) is 0 Å². The highest BCUT2D eigenvalue weighted by Gasteiger charge is 2.15. The summed E-state index contributed by atoms with van der Waals surface area (Å²) in [5.74, 6) is -3.87. The molecule has 0 spiro atoms. The first-order valence-corrected chi connectivity index (χ1v) is 5.71. The highest BCUT2D eigenvalue weighted by molar-refractivity contribution is 5.93. The summed E-state index contributed by atoms with van der Waals surface area (Å²) in [6.07, 6.45) is 0. The molecule has 7 nitrogen and oxygen atoms in total. The number of benzene rings is 1. The fraction of sp³-hybridized carbons (Fsp3) is 0. The molecule has 0 radical (unpaired) electrons. The molecule has 1 aromatic carbocycles. The van der Waals surface area contributed by atoms with Gasteiger partial charge < -0.3 is 15.3 Å². The lowest BCUT2D eigenvalue weighted by atomic mass is 10.0. The van der Waals surface area contributed by atoms with E-state index < -0.39 is 29.3 Å². The minimum absolute atomic E-state index is 0.0121. The van der Waals surface area contributed by atoms with Crippen LogP contribution in [0.3, 0.4) is 0 Å². The highest BCUT2D eigenvalue weighted by Crippen LogP contribution is 2.22. The van der Waals surface area contributed by atoms with Gasteiger partial charge in [-0.1, -0.05) is 12.1 Å². The molecule has 0 aliphatic carbocycles. The van der Waals surface area contributed by atoms with E-state index in [2.05, 4.69) is 4.98 Å². The Labute approximate surface area is 118 Å². The molecule has 106 valence electrons. The van der Waals surface area contributed by atoms with Gasteiger partial charge in [0, 0.05) is 0 Å². The lowest BCUT2D eigenvalue weighted by molar-refractivity contribution is 0.0674. The first-order chi connectivity index (χ1) is 9.88. The van der Waals surface area contributed by atoms with Crippen LogP contribution in [0.25, 0.3) is 11.1 Å². The number of carboxylic acids is 3. The van der Waals surface area contributed by atoms with E-state index >= 15 is 0 Å². The van der Waals surface area contributed by atoms with Crippen molar-refractivity contribution in [1.29, 1.82) is 0 Å². The molecule has 0 unspecified atom stereocenters. The van der Waals surface area contributed by atoms with E-state index in [1.54, 1.807) is 6.07 Å². The molecule has 7 heteroatoms. The van der Waals surface area contributed by atoms with E-state index in [9.17, 15) is 14.4 Å². The summed E-state index contributed by atoms with van der Waals surface area (Å²) < 4.78 is 0. The Balaban J connectivity index is 2.62. The van der Waals surface area contributed by atoms with Crippen molar-refractivity contribution in [3.63, 3.8) is 0 Å². The molecule has 0 amide bonds. The van der Waals surface area contributed by atoms with Gasteiger partial charge in [-0.25, -0.2) is 19.4 Å². The lowest BCUT2D eigenvalue weighted by Gasteiger charge is -2.06. The average molecular weight is 287 g/mol. The molecule has 3 N–H and O–H groups in total. The zero-order chi connectivity index (χ0) is 15.6. The predicted octanol–water partition coefficient (Wildman–Crippen LogP) is 1.84. The number of aromatic nitrogens is 1. The molecule has 0 bridgehead atoms. The van der Waals surface area contributed by atoms with Crippen LogP contribution in [-0.4, -0.2) is 38.2 Å². The Morgan fingerprint density at radius 2 is 1.33 bits per heavy atom. The Morgan fingerprint density at radius 3 is 1.81 bits per heavy atom. The third kappa shape index (κ3) is 3.03. The monoisotopic (exact) mass is 287 g/mol. The van der Waals surface area contributed by atoms with Crippen molar-refractivity contribution in [2.24, 2.45) is 0 Å². The fourth-order valence-corrected chi connectivity index (χ4v) is 1.75. The first kappa shape index (κ1) is 14.2. The van der Waals surface area contributed by atoms with Crippen molar-refractivity contribution in [3.8, 4) is 11.1 Å². The molecule has 1 heterocycles. The maximum Gasteiger partial charge on any atom is 0.354 e. The number of pyridine rings is 1. The summed E-state index contributed by atoms with van der Waals surface area (Å²) in [7, 11) is 0. The maximum absolute atomic E-state index is 11.0. The topological polar surface area (TPSA) is 125 Å². The van der Waals surface area contributed by atoms with Crippen LogP contribution in [0, 0.1) is 0 Å². The number of hydrogen-bond acceptors (Lipinski definition) is 4. The average Bonchev–Trinajstić information content (AvgIpc) is 2.46. The molecule has 0 fully saturated rings. The van der Waals surface area contributed by atoms with Gasteiger partial charge in [0.2, 0.25) is 0 Å². The number of hydrogen-bond donors (Lipinski definition) is 3. The highest BCUT2D eigenvalue weighted by atomic mass is 16.4. The van der Waals surface area contributed by atoms with E-state index in [1.807, 2.05) is 0 Å². The van der Waals surface area contributed by atoms with Crippen molar-refractivity contribution < 1.29 is 29.7 Å². The summed E-state index contributed by atoms with van der Waals surface area (Å²) in [6.45, 7) is 0. The number of rotatable bonds is 4. The van der Waals surface area contributed by atoms with Crippen LogP contribution in [0.1, 0.15) is 31.3 Å². The van der Waals surface area contributed by atoms with Crippen molar-refractivity contribution in [3.05, 3.63) is 53.3 Å². The Hall–Kier alpha value is -3.22. The Morgan fingerprint density at radius 1 is 0.762 bits per heavy atom. The summed E-state index contributed by atoms with van der Waals surface area (Å²) in [5.41, 5.74) is -0.181. The van der Waals surface area contributed by atoms with Gasteiger partial charge in [-0.2, -0.15) is 0 Å². The fourth-order valence-electron chi connectivity index (χ4n) is 1.75. The number of carboxylic acid groups (broad SMARTS) is 3. The van der Waals surface area contributed by atoms with Crippen molar-refractivity contribution >= 4 is 17.9 Å². The second kappa shape index (κ2) is 5.41. The molecule has 1 aromatic heterocycles. The van der Waals surface area contributed by atoms with E-state index in [0.717, 1.165) is 0 Å². The van der Waals surface area contributed by atoms with Crippen LogP contribution in [-0.2, 0) is 0 Å². The van der Waals surface area contributed by atoms with Crippen LogP contribution in [0.2, 0.25) is 0 Å². The van der Waals surface area contributed by atoms with Crippen LogP contribution in [0.15, 0.2) is 36.4 Å². The van der Waals surface area contributed by atoms with Crippen LogP contribution >= 0.6 is 0 Å². The van der Waals surface area contributed by atoms with Gasteiger partial charge in [0.25, 0.3) is 0 Å². The Kier molecular flexibility index (Phi) is 3.66. The van der Waals surface area contributed by atoms with E-state index in [0.29, 0.717) is 5.56 Å². The smallest absolute Gasteiger partial charge is 0.354 e.